The van der Waals surface area contributed by atoms with E-state index in [0.29, 0.717) is 6.54 Å². The highest BCUT2D eigenvalue weighted by molar-refractivity contribution is 5.86. The smallest absolute Gasteiger partial charge is 0.326 e. The zero-order valence-electron chi connectivity index (χ0n) is 9.52. The topological polar surface area (TPSA) is 128 Å². The Bertz CT molecular complexity index is 282. The van der Waals surface area contributed by atoms with Gasteiger partial charge in [0.05, 0.1) is 6.54 Å². The highest BCUT2D eigenvalue weighted by Crippen LogP contribution is 1.90. The van der Waals surface area contributed by atoms with E-state index in [-0.39, 0.29) is 25.5 Å². The minimum absolute atomic E-state index is 0.0933. The summed E-state index contributed by atoms with van der Waals surface area (Å²) in [6.45, 7) is 1.60. The van der Waals surface area contributed by atoms with Gasteiger partial charge < -0.3 is 26.2 Å². The fourth-order valence-electron chi connectivity index (χ4n) is 1.02. The predicted molar refractivity (Wildman–Crippen MR) is 58.3 cm³/mol. The Morgan fingerprint density at radius 1 is 1.24 bits per heavy atom. The van der Waals surface area contributed by atoms with Crippen LogP contribution in [0.4, 0.5) is 4.79 Å². The zero-order chi connectivity index (χ0) is 13.3. The van der Waals surface area contributed by atoms with Crippen molar-refractivity contribution in [2.24, 2.45) is 0 Å². The second kappa shape index (κ2) is 8.34. The third kappa shape index (κ3) is 7.12. The van der Waals surface area contributed by atoms with Crippen LogP contribution in [-0.4, -0.2) is 53.9 Å². The summed E-state index contributed by atoms with van der Waals surface area (Å²) < 4.78 is 0. The lowest BCUT2D eigenvalue weighted by Crippen LogP contribution is -2.48. The standard InChI is InChI=1S/C9H17N3O5/c1-2-10-7(14)5-11-9(17)12-6(3-4-13)8(15)16/h6,13H,2-5H2,1H3,(H,10,14)(H,15,16)(H2,11,12,17)/t6-/m0/s1. The second-order valence-corrected chi connectivity index (χ2v) is 3.18. The molecule has 5 N–H and O–H groups in total. The van der Waals surface area contributed by atoms with E-state index in [4.69, 9.17) is 10.2 Å². The maximum atomic E-state index is 11.2. The quantitative estimate of drug-likeness (QED) is 0.365. The maximum Gasteiger partial charge on any atom is 0.326 e. The number of rotatable bonds is 7. The number of aliphatic hydroxyl groups is 1. The third-order valence-corrected chi connectivity index (χ3v) is 1.80. The van der Waals surface area contributed by atoms with E-state index in [9.17, 15) is 14.4 Å². The van der Waals surface area contributed by atoms with Gasteiger partial charge in [-0.2, -0.15) is 0 Å². The molecule has 17 heavy (non-hydrogen) atoms. The van der Waals surface area contributed by atoms with Crippen LogP contribution in [0.3, 0.4) is 0 Å². The van der Waals surface area contributed by atoms with Gasteiger partial charge in [-0.05, 0) is 6.92 Å². The summed E-state index contributed by atoms with van der Waals surface area (Å²) in [6.07, 6.45) is -0.0933. The van der Waals surface area contributed by atoms with Crippen LogP contribution in [0, 0.1) is 0 Å². The largest absolute Gasteiger partial charge is 0.480 e. The molecule has 0 unspecified atom stereocenters. The van der Waals surface area contributed by atoms with E-state index < -0.39 is 18.0 Å². The number of nitrogens with one attached hydrogen (secondary N) is 3. The van der Waals surface area contributed by atoms with E-state index in [0.717, 1.165) is 0 Å². The molecule has 0 bridgehead atoms. The van der Waals surface area contributed by atoms with Gasteiger partial charge in [0.25, 0.3) is 0 Å². The molecule has 0 rings (SSSR count). The van der Waals surface area contributed by atoms with E-state index in [1.54, 1.807) is 6.92 Å². The van der Waals surface area contributed by atoms with E-state index in [1.807, 2.05) is 0 Å². The number of urea groups is 1. The van der Waals surface area contributed by atoms with E-state index in [1.165, 1.54) is 0 Å². The second-order valence-electron chi connectivity index (χ2n) is 3.18. The van der Waals surface area contributed by atoms with Crippen molar-refractivity contribution < 1.29 is 24.6 Å². The summed E-state index contributed by atoms with van der Waals surface area (Å²) in [4.78, 5) is 32.8. The van der Waals surface area contributed by atoms with Gasteiger partial charge in [0.15, 0.2) is 0 Å². The first-order valence-corrected chi connectivity index (χ1v) is 5.16. The van der Waals surface area contributed by atoms with Crippen LogP contribution in [0.2, 0.25) is 0 Å². The molecule has 0 aliphatic rings. The first kappa shape index (κ1) is 15.2. The molecule has 8 heteroatoms. The average Bonchev–Trinajstić information content (AvgIpc) is 2.26. The third-order valence-electron chi connectivity index (χ3n) is 1.80. The summed E-state index contributed by atoms with van der Waals surface area (Å²) in [5.74, 6) is -1.61. The summed E-state index contributed by atoms with van der Waals surface area (Å²) in [5, 5.41) is 24.1. The molecule has 0 aromatic carbocycles. The first-order chi connectivity index (χ1) is 8.01. The lowest BCUT2D eigenvalue weighted by molar-refractivity contribution is -0.139. The van der Waals surface area contributed by atoms with Crippen LogP contribution in [0.1, 0.15) is 13.3 Å². The number of carboxylic acid groups (broad SMARTS) is 1. The first-order valence-electron chi connectivity index (χ1n) is 5.16. The molecule has 0 aromatic heterocycles. The Kier molecular flexibility index (Phi) is 7.44. The number of hydrogen-bond acceptors (Lipinski definition) is 4. The Labute approximate surface area is 98.4 Å². The number of likely N-dealkylation sites (N-methyl/N-ethyl adjacent to an activating group) is 1. The van der Waals surface area contributed by atoms with Crippen molar-refractivity contribution in [2.45, 2.75) is 19.4 Å². The number of aliphatic carboxylic acids is 1. The molecule has 1 atom stereocenters. The minimum atomic E-state index is -1.24. The molecule has 0 fully saturated rings. The van der Waals surface area contributed by atoms with Crippen molar-refractivity contribution in [1.29, 1.82) is 0 Å². The number of hydrogen-bond donors (Lipinski definition) is 5. The molecule has 0 spiro atoms. The summed E-state index contributed by atoms with van der Waals surface area (Å²) >= 11 is 0. The van der Waals surface area contributed by atoms with Crippen LogP contribution in [0.25, 0.3) is 0 Å². The summed E-state index contributed by atoms with van der Waals surface area (Å²) in [6, 6.07) is -1.94. The molecular weight excluding hydrogens is 230 g/mol. The lowest BCUT2D eigenvalue weighted by Gasteiger charge is -2.13. The maximum absolute atomic E-state index is 11.2. The number of carbonyl (C=O) groups excluding carboxylic acids is 2. The zero-order valence-corrected chi connectivity index (χ0v) is 9.52. The van der Waals surface area contributed by atoms with Crippen LogP contribution >= 0.6 is 0 Å². The number of carboxylic acids is 1. The molecule has 0 aromatic rings. The summed E-state index contributed by atoms with van der Waals surface area (Å²) in [7, 11) is 0. The van der Waals surface area contributed by atoms with Gasteiger partial charge in [-0.3, -0.25) is 4.79 Å². The molecule has 3 amide bonds. The van der Waals surface area contributed by atoms with Crippen LogP contribution in [0.15, 0.2) is 0 Å². The molecule has 0 radical (unpaired) electrons. The molecule has 0 heterocycles. The Balaban J connectivity index is 3.98. The lowest BCUT2D eigenvalue weighted by atomic mass is 10.2. The molecule has 98 valence electrons. The molecule has 8 nitrogen and oxygen atoms in total. The Morgan fingerprint density at radius 3 is 2.35 bits per heavy atom. The van der Waals surface area contributed by atoms with Crippen LogP contribution in [0.5, 0.6) is 0 Å². The fraction of sp³-hybridized carbons (Fsp3) is 0.667. The molecule has 0 aliphatic carbocycles. The molecular formula is C9H17N3O5. The minimum Gasteiger partial charge on any atom is -0.480 e. The summed E-state index contributed by atoms with van der Waals surface area (Å²) in [5.41, 5.74) is 0. The van der Waals surface area contributed by atoms with E-state index >= 15 is 0 Å². The fourth-order valence-corrected chi connectivity index (χ4v) is 1.02. The van der Waals surface area contributed by atoms with Crippen molar-refractivity contribution in [3.8, 4) is 0 Å². The molecule has 0 saturated heterocycles. The predicted octanol–water partition coefficient (Wildman–Crippen LogP) is -1.74. The van der Waals surface area contributed by atoms with E-state index in [2.05, 4.69) is 16.0 Å². The Morgan fingerprint density at radius 2 is 1.88 bits per heavy atom. The van der Waals surface area contributed by atoms with Gasteiger partial charge in [0.1, 0.15) is 6.04 Å². The Hall–Kier alpha value is -1.83. The monoisotopic (exact) mass is 247 g/mol. The van der Waals surface area contributed by atoms with Crippen LogP contribution < -0.4 is 16.0 Å². The van der Waals surface area contributed by atoms with Gasteiger partial charge in [-0.15, -0.1) is 0 Å². The normalized spacial score (nSPS) is 11.4. The number of amides is 3. The van der Waals surface area contributed by atoms with Crippen molar-refractivity contribution >= 4 is 17.9 Å². The van der Waals surface area contributed by atoms with Crippen molar-refractivity contribution in [2.75, 3.05) is 19.7 Å². The van der Waals surface area contributed by atoms with Gasteiger partial charge in [0, 0.05) is 19.6 Å². The average molecular weight is 247 g/mol. The van der Waals surface area contributed by atoms with Gasteiger partial charge in [-0.1, -0.05) is 0 Å². The highest BCUT2D eigenvalue weighted by atomic mass is 16.4. The van der Waals surface area contributed by atoms with Gasteiger partial charge in [0.2, 0.25) is 5.91 Å². The highest BCUT2D eigenvalue weighted by Gasteiger charge is 2.19. The van der Waals surface area contributed by atoms with Gasteiger partial charge in [-0.25, -0.2) is 9.59 Å². The van der Waals surface area contributed by atoms with Crippen LogP contribution in [-0.2, 0) is 9.59 Å². The number of carbonyl (C=O) groups is 3. The van der Waals surface area contributed by atoms with Gasteiger partial charge >= 0.3 is 12.0 Å². The van der Waals surface area contributed by atoms with Crippen molar-refractivity contribution in [3.63, 3.8) is 0 Å². The number of aliphatic hydroxyl groups excluding tert-OH is 1. The molecule has 0 aliphatic heterocycles. The van der Waals surface area contributed by atoms with Crippen molar-refractivity contribution in [3.05, 3.63) is 0 Å². The van der Waals surface area contributed by atoms with Crippen molar-refractivity contribution in [1.82, 2.24) is 16.0 Å². The SMILES string of the molecule is CCNC(=O)CNC(=O)N[C@@H](CCO)C(=O)O. The molecule has 0 saturated carbocycles.